The molecule has 0 saturated carbocycles. The van der Waals surface area contributed by atoms with E-state index in [1.807, 2.05) is 85.6 Å². The molecule has 0 bridgehead atoms. The standard InChI is InChI=1S/C27H30N6O2/c1-3-32-25(29-33(27(32)35)19-20-10-6-4-7-11-20)22-14-16-31(17-15-22)26(34)24-18-23(28-30(24)2)21-12-8-5-9-13-21/h4-13,18,22H,3,14-17,19H2,1-2H3. The maximum Gasteiger partial charge on any atom is 0.346 e. The Morgan fingerprint density at radius 1 is 0.971 bits per heavy atom. The first-order valence-corrected chi connectivity index (χ1v) is 12.2. The van der Waals surface area contributed by atoms with Gasteiger partial charge in [-0.2, -0.15) is 10.2 Å². The second kappa shape index (κ2) is 9.74. The molecule has 3 heterocycles. The molecule has 0 aliphatic carbocycles. The Balaban J connectivity index is 1.29. The minimum absolute atomic E-state index is 0.0110. The van der Waals surface area contributed by atoms with Crippen molar-refractivity contribution in [3.05, 3.63) is 94.3 Å². The Hall–Kier alpha value is -3.94. The molecule has 1 amide bonds. The predicted molar refractivity (Wildman–Crippen MR) is 134 cm³/mol. The van der Waals surface area contributed by atoms with Crippen LogP contribution in [0.1, 0.15) is 47.6 Å². The van der Waals surface area contributed by atoms with E-state index < -0.39 is 0 Å². The zero-order valence-corrected chi connectivity index (χ0v) is 20.2. The Morgan fingerprint density at radius 2 is 1.63 bits per heavy atom. The molecule has 2 aromatic heterocycles. The van der Waals surface area contributed by atoms with Crippen molar-refractivity contribution in [1.29, 1.82) is 0 Å². The van der Waals surface area contributed by atoms with Crippen LogP contribution in [0.25, 0.3) is 11.3 Å². The highest BCUT2D eigenvalue weighted by atomic mass is 16.2. The third kappa shape index (κ3) is 4.56. The van der Waals surface area contributed by atoms with Gasteiger partial charge in [0, 0.05) is 38.2 Å². The van der Waals surface area contributed by atoms with Crippen LogP contribution in [-0.2, 0) is 20.1 Å². The molecular weight excluding hydrogens is 440 g/mol. The van der Waals surface area contributed by atoms with E-state index >= 15 is 0 Å². The minimum atomic E-state index is -0.0758. The van der Waals surface area contributed by atoms with Gasteiger partial charge in [-0.1, -0.05) is 60.7 Å². The summed E-state index contributed by atoms with van der Waals surface area (Å²) in [5.74, 6) is 0.964. The summed E-state index contributed by atoms with van der Waals surface area (Å²) in [4.78, 5) is 28.1. The molecule has 1 aliphatic rings. The van der Waals surface area contributed by atoms with E-state index in [0.29, 0.717) is 31.9 Å². The number of aryl methyl sites for hydroxylation is 1. The Morgan fingerprint density at radius 3 is 2.29 bits per heavy atom. The number of nitrogens with zero attached hydrogens (tertiary/aromatic N) is 6. The highest BCUT2D eigenvalue weighted by Crippen LogP contribution is 2.28. The minimum Gasteiger partial charge on any atom is -0.337 e. The van der Waals surface area contributed by atoms with Crippen LogP contribution in [0.4, 0.5) is 0 Å². The van der Waals surface area contributed by atoms with Crippen LogP contribution in [0.3, 0.4) is 0 Å². The molecule has 0 N–H and O–H groups in total. The van der Waals surface area contributed by atoms with Crippen LogP contribution >= 0.6 is 0 Å². The quantitative estimate of drug-likeness (QED) is 0.432. The summed E-state index contributed by atoms with van der Waals surface area (Å²) in [6.45, 7) is 4.27. The summed E-state index contributed by atoms with van der Waals surface area (Å²) in [6, 6.07) is 21.7. The number of carbonyl (C=O) groups excluding carboxylic acids is 1. The van der Waals surface area contributed by atoms with Crippen molar-refractivity contribution in [2.24, 2.45) is 7.05 Å². The molecule has 8 heteroatoms. The smallest absolute Gasteiger partial charge is 0.337 e. The van der Waals surface area contributed by atoms with Crippen molar-refractivity contribution in [3.8, 4) is 11.3 Å². The topological polar surface area (TPSA) is 78.0 Å². The highest BCUT2D eigenvalue weighted by Gasteiger charge is 2.30. The van der Waals surface area contributed by atoms with Gasteiger partial charge in [-0.3, -0.25) is 14.0 Å². The van der Waals surface area contributed by atoms with Gasteiger partial charge in [-0.05, 0) is 31.4 Å². The van der Waals surface area contributed by atoms with Gasteiger partial charge in [0.25, 0.3) is 5.91 Å². The van der Waals surface area contributed by atoms with E-state index in [4.69, 9.17) is 5.10 Å². The first kappa shape index (κ1) is 22.8. The summed E-state index contributed by atoms with van der Waals surface area (Å²) >= 11 is 0. The molecule has 1 aliphatic heterocycles. The van der Waals surface area contributed by atoms with Crippen LogP contribution in [0, 0.1) is 0 Å². The Kier molecular flexibility index (Phi) is 6.35. The average Bonchev–Trinajstić information content (AvgIpc) is 3.44. The molecule has 35 heavy (non-hydrogen) atoms. The second-order valence-corrected chi connectivity index (χ2v) is 9.00. The number of hydrogen-bond acceptors (Lipinski definition) is 4. The number of likely N-dealkylation sites (tertiary alicyclic amines) is 1. The van der Waals surface area contributed by atoms with Crippen molar-refractivity contribution in [1.82, 2.24) is 29.0 Å². The fraction of sp³-hybridized carbons (Fsp3) is 0.333. The lowest BCUT2D eigenvalue weighted by Gasteiger charge is -2.31. The molecule has 0 radical (unpaired) electrons. The molecule has 180 valence electrons. The lowest BCUT2D eigenvalue weighted by molar-refractivity contribution is 0.0699. The van der Waals surface area contributed by atoms with Crippen LogP contribution in [0.5, 0.6) is 0 Å². The predicted octanol–water partition coefficient (Wildman–Crippen LogP) is 3.53. The molecule has 2 aromatic carbocycles. The molecule has 1 saturated heterocycles. The summed E-state index contributed by atoms with van der Waals surface area (Å²) in [5.41, 5.74) is 3.34. The van der Waals surface area contributed by atoms with E-state index in [0.717, 1.165) is 35.5 Å². The summed E-state index contributed by atoms with van der Waals surface area (Å²) < 4.78 is 5.00. The van der Waals surface area contributed by atoms with E-state index in [1.165, 1.54) is 0 Å². The summed E-state index contributed by atoms with van der Waals surface area (Å²) in [7, 11) is 1.81. The van der Waals surface area contributed by atoms with E-state index in [2.05, 4.69) is 5.10 Å². The first-order chi connectivity index (χ1) is 17.0. The van der Waals surface area contributed by atoms with Gasteiger partial charge in [0.1, 0.15) is 11.5 Å². The van der Waals surface area contributed by atoms with Crippen molar-refractivity contribution < 1.29 is 4.79 Å². The number of aromatic nitrogens is 5. The molecule has 0 unspecified atom stereocenters. The molecule has 4 aromatic rings. The van der Waals surface area contributed by atoms with Crippen molar-refractivity contribution >= 4 is 5.91 Å². The zero-order chi connectivity index (χ0) is 24.4. The normalized spacial score (nSPS) is 14.4. The van der Waals surface area contributed by atoms with Crippen molar-refractivity contribution in [2.75, 3.05) is 13.1 Å². The number of piperidine rings is 1. The maximum absolute atomic E-state index is 13.3. The Bertz CT molecular complexity index is 1360. The lowest BCUT2D eigenvalue weighted by atomic mass is 9.95. The van der Waals surface area contributed by atoms with Crippen LogP contribution < -0.4 is 5.69 Å². The van der Waals surface area contributed by atoms with Crippen LogP contribution in [0.2, 0.25) is 0 Å². The van der Waals surface area contributed by atoms with Gasteiger partial charge >= 0.3 is 5.69 Å². The lowest BCUT2D eigenvalue weighted by Crippen LogP contribution is -2.39. The number of amides is 1. The highest BCUT2D eigenvalue weighted by molar-refractivity contribution is 5.93. The molecular formula is C27H30N6O2. The third-order valence-electron chi connectivity index (χ3n) is 6.76. The Labute approximate surface area is 204 Å². The summed E-state index contributed by atoms with van der Waals surface area (Å²) in [6.07, 6.45) is 1.55. The van der Waals surface area contributed by atoms with Gasteiger partial charge in [-0.15, -0.1) is 0 Å². The van der Waals surface area contributed by atoms with Crippen molar-refractivity contribution in [3.63, 3.8) is 0 Å². The monoisotopic (exact) mass is 470 g/mol. The van der Waals surface area contributed by atoms with Gasteiger partial charge < -0.3 is 4.90 Å². The molecule has 8 nitrogen and oxygen atoms in total. The first-order valence-electron chi connectivity index (χ1n) is 12.2. The fourth-order valence-corrected chi connectivity index (χ4v) is 4.84. The largest absolute Gasteiger partial charge is 0.346 e. The fourth-order valence-electron chi connectivity index (χ4n) is 4.84. The van der Waals surface area contributed by atoms with Gasteiger partial charge in [0.15, 0.2) is 0 Å². The average molecular weight is 471 g/mol. The van der Waals surface area contributed by atoms with E-state index in [-0.39, 0.29) is 17.5 Å². The SMILES string of the molecule is CCn1c(C2CCN(C(=O)c3cc(-c4ccccc4)nn3C)CC2)nn(Cc2ccccc2)c1=O. The number of rotatable bonds is 6. The van der Waals surface area contributed by atoms with E-state index in [1.54, 1.807) is 13.9 Å². The molecule has 0 spiro atoms. The molecule has 5 rings (SSSR count). The van der Waals surface area contributed by atoms with Gasteiger partial charge in [0.05, 0.1) is 12.2 Å². The van der Waals surface area contributed by atoms with E-state index in [9.17, 15) is 9.59 Å². The molecule has 0 atom stereocenters. The van der Waals surface area contributed by atoms with Crippen LogP contribution in [-0.4, -0.2) is 48.0 Å². The maximum atomic E-state index is 13.3. The van der Waals surface area contributed by atoms with Gasteiger partial charge in [-0.25, -0.2) is 9.48 Å². The molecule has 1 fully saturated rings. The number of hydrogen-bond donors (Lipinski definition) is 0. The summed E-state index contributed by atoms with van der Waals surface area (Å²) in [5, 5.41) is 9.28. The van der Waals surface area contributed by atoms with Gasteiger partial charge in [0.2, 0.25) is 0 Å². The number of benzene rings is 2. The second-order valence-electron chi connectivity index (χ2n) is 9.00. The zero-order valence-electron chi connectivity index (χ0n) is 20.2. The number of carbonyl (C=O) groups is 1. The van der Waals surface area contributed by atoms with Crippen molar-refractivity contribution in [2.45, 2.75) is 38.8 Å². The van der Waals surface area contributed by atoms with Crippen LogP contribution in [0.15, 0.2) is 71.5 Å². The third-order valence-corrected chi connectivity index (χ3v) is 6.76.